The van der Waals surface area contributed by atoms with Crippen molar-refractivity contribution in [1.82, 2.24) is 15.0 Å². The first kappa shape index (κ1) is 10.2. The fourth-order valence-electron chi connectivity index (χ4n) is 2.60. The molecule has 0 aliphatic carbocycles. The minimum Gasteiger partial charge on any atom is -0.343 e. The largest absolute Gasteiger partial charge is 0.343 e. The third-order valence-corrected chi connectivity index (χ3v) is 3.50. The molecular formula is C12H11N3O3. The number of Topliss-reactive ketones (excluding diaryl/α,β-unsaturated/α-hetero) is 1. The maximum atomic E-state index is 11.8. The summed E-state index contributed by atoms with van der Waals surface area (Å²) in [6, 6.07) is 7.57. The van der Waals surface area contributed by atoms with E-state index in [-0.39, 0.29) is 17.9 Å². The highest BCUT2D eigenvalue weighted by Gasteiger charge is 2.44. The van der Waals surface area contributed by atoms with E-state index in [1.807, 2.05) is 24.3 Å². The molecule has 1 aromatic heterocycles. The van der Waals surface area contributed by atoms with E-state index in [0.29, 0.717) is 13.0 Å². The van der Waals surface area contributed by atoms with E-state index in [2.05, 4.69) is 10.3 Å². The van der Waals surface area contributed by atoms with Crippen molar-refractivity contribution in [2.45, 2.75) is 24.9 Å². The molecule has 0 N–H and O–H groups in total. The molecule has 0 spiro atoms. The Morgan fingerprint density at radius 3 is 3.17 bits per heavy atom. The highest BCUT2D eigenvalue weighted by atomic mass is 16.7. The zero-order valence-electron chi connectivity index (χ0n) is 9.52. The Morgan fingerprint density at radius 1 is 1.33 bits per heavy atom. The van der Waals surface area contributed by atoms with Crippen LogP contribution in [0.5, 0.6) is 0 Å². The fraction of sp³-hybridized carbons (Fsp3) is 0.417. The van der Waals surface area contributed by atoms with Crippen molar-refractivity contribution in [3.05, 3.63) is 24.3 Å². The van der Waals surface area contributed by atoms with Crippen molar-refractivity contribution >= 4 is 16.8 Å². The molecule has 6 nitrogen and oxygen atoms in total. The summed E-state index contributed by atoms with van der Waals surface area (Å²) in [4.78, 5) is 11.8. The van der Waals surface area contributed by atoms with Gasteiger partial charge in [0.05, 0.1) is 18.2 Å². The first-order chi connectivity index (χ1) is 8.83. The number of para-hydroxylation sites is 1. The highest BCUT2D eigenvalue weighted by Crippen LogP contribution is 2.33. The molecule has 6 heteroatoms. The van der Waals surface area contributed by atoms with Crippen molar-refractivity contribution in [3.8, 4) is 0 Å². The third kappa shape index (κ3) is 1.33. The summed E-state index contributed by atoms with van der Waals surface area (Å²) in [5, 5.41) is 8.26. The van der Waals surface area contributed by atoms with Crippen LogP contribution in [0.25, 0.3) is 11.0 Å². The molecule has 0 amide bonds. The zero-order chi connectivity index (χ0) is 12.1. The lowest BCUT2D eigenvalue weighted by Gasteiger charge is -2.26. The van der Waals surface area contributed by atoms with Gasteiger partial charge < -0.3 is 9.47 Å². The Bertz CT molecular complexity index is 624. The number of rotatable bonds is 1. The van der Waals surface area contributed by atoms with Gasteiger partial charge in [0, 0.05) is 6.42 Å². The maximum Gasteiger partial charge on any atom is 0.218 e. The molecular weight excluding hydrogens is 234 g/mol. The number of benzene rings is 1. The predicted octanol–water partition coefficient (Wildman–Crippen LogP) is 0.687. The van der Waals surface area contributed by atoms with Crippen LogP contribution in [0.4, 0.5) is 0 Å². The Labute approximate surface area is 102 Å². The summed E-state index contributed by atoms with van der Waals surface area (Å²) in [7, 11) is 0. The second-order valence-electron chi connectivity index (χ2n) is 4.60. The number of aromatic nitrogens is 3. The molecule has 2 bridgehead atoms. The Morgan fingerprint density at radius 2 is 2.22 bits per heavy atom. The van der Waals surface area contributed by atoms with Gasteiger partial charge >= 0.3 is 0 Å². The summed E-state index contributed by atoms with van der Waals surface area (Å²) in [6.45, 7) is 0.440. The van der Waals surface area contributed by atoms with Crippen LogP contribution in [0, 0.1) is 0 Å². The Balaban J connectivity index is 1.80. The van der Waals surface area contributed by atoms with Gasteiger partial charge in [0.2, 0.25) is 6.29 Å². The second kappa shape index (κ2) is 3.60. The van der Waals surface area contributed by atoms with Crippen molar-refractivity contribution in [2.75, 3.05) is 6.61 Å². The van der Waals surface area contributed by atoms with Gasteiger partial charge in [0.25, 0.3) is 0 Å². The number of hydrogen-bond donors (Lipinski definition) is 0. The van der Waals surface area contributed by atoms with E-state index >= 15 is 0 Å². The summed E-state index contributed by atoms with van der Waals surface area (Å²) in [5.41, 5.74) is 1.75. The van der Waals surface area contributed by atoms with Crippen molar-refractivity contribution < 1.29 is 14.3 Å². The Hall–Kier alpha value is -1.79. The predicted molar refractivity (Wildman–Crippen MR) is 60.8 cm³/mol. The van der Waals surface area contributed by atoms with Gasteiger partial charge in [-0.3, -0.25) is 4.79 Å². The molecule has 2 fully saturated rings. The second-order valence-corrected chi connectivity index (χ2v) is 4.60. The van der Waals surface area contributed by atoms with Gasteiger partial charge in [-0.25, -0.2) is 4.68 Å². The summed E-state index contributed by atoms with van der Waals surface area (Å²) >= 11 is 0. The van der Waals surface area contributed by atoms with Gasteiger partial charge in [-0.1, -0.05) is 17.3 Å². The van der Waals surface area contributed by atoms with Gasteiger partial charge in [0.1, 0.15) is 11.6 Å². The fourth-order valence-corrected chi connectivity index (χ4v) is 2.60. The topological polar surface area (TPSA) is 66.2 Å². The van der Waals surface area contributed by atoms with Gasteiger partial charge in [-0.15, -0.1) is 5.10 Å². The monoisotopic (exact) mass is 245 g/mol. The van der Waals surface area contributed by atoms with Crippen molar-refractivity contribution in [1.29, 1.82) is 0 Å². The van der Waals surface area contributed by atoms with E-state index in [9.17, 15) is 4.79 Å². The van der Waals surface area contributed by atoms with E-state index in [1.165, 1.54) is 0 Å². The lowest BCUT2D eigenvalue weighted by molar-refractivity contribution is -0.156. The zero-order valence-corrected chi connectivity index (χ0v) is 9.52. The number of fused-ring (bicyclic) bond motifs is 3. The number of nitrogens with zero attached hydrogens (tertiary/aromatic N) is 3. The molecule has 18 heavy (non-hydrogen) atoms. The standard InChI is InChI=1S/C12H11N3O3/c16-10-5-9(11-6-17-12(10)18-11)15-8-4-2-1-3-7(8)13-14-15/h1-4,9,11-12H,5-6H2. The molecule has 92 valence electrons. The SMILES string of the molecule is O=C1CC(n2nnc3ccccc32)C2COC1O2. The lowest BCUT2D eigenvalue weighted by Crippen LogP contribution is -2.37. The number of carbonyl (C=O) groups excluding carboxylic acids is 1. The third-order valence-electron chi connectivity index (χ3n) is 3.50. The molecule has 2 aliphatic rings. The number of ether oxygens (including phenoxy) is 2. The van der Waals surface area contributed by atoms with E-state index in [4.69, 9.17) is 9.47 Å². The van der Waals surface area contributed by atoms with Gasteiger partial charge in [-0.05, 0) is 12.1 Å². The molecule has 1 aromatic carbocycles. The normalized spacial score (nSPS) is 31.1. The molecule has 0 saturated carbocycles. The van der Waals surface area contributed by atoms with Gasteiger partial charge in [-0.2, -0.15) is 0 Å². The first-order valence-corrected chi connectivity index (χ1v) is 5.92. The molecule has 4 rings (SSSR count). The number of carbonyl (C=O) groups is 1. The molecule has 3 heterocycles. The molecule has 3 unspecified atom stereocenters. The average molecular weight is 245 g/mol. The number of ketones is 1. The summed E-state index contributed by atoms with van der Waals surface area (Å²) < 4.78 is 12.6. The quantitative estimate of drug-likeness (QED) is 0.739. The van der Waals surface area contributed by atoms with Crippen LogP contribution in [0.15, 0.2) is 24.3 Å². The summed E-state index contributed by atoms with van der Waals surface area (Å²) in [5.74, 6) is -0.0201. The van der Waals surface area contributed by atoms with Crippen LogP contribution in [0.1, 0.15) is 12.5 Å². The van der Waals surface area contributed by atoms with E-state index in [1.54, 1.807) is 4.68 Å². The van der Waals surface area contributed by atoms with Crippen LogP contribution >= 0.6 is 0 Å². The van der Waals surface area contributed by atoms with Crippen molar-refractivity contribution in [2.24, 2.45) is 0 Å². The molecule has 2 saturated heterocycles. The minimum absolute atomic E-state index is 0.0201. The Kier molecular flexibility index (Phi) is 2.03. The molecule has 3 atom stereocenters. The highest BCUT2D eigenvalue weighted by molar-refractivity contribution is 5.84. The van der Waals surface area contributed by atoms with Gasteiger partial charge in [0.15, 0.2) is 5.78 Å². The van der Waals surface area contributed by atoms with E-state index < -0.39 is 6.29 Å². The lowest BCUT2D eigenvalue weighted by atomic mass is 10.0. The average Bonchev–Trinajstić information content (AvgIpc) is 3.00. The van der Waals surface area contributed by atoms with Crippen LogP contribution in [-0.2, 0) is 14.3 Å². The minimum atomic E-state index is -0.666. The van der Waals surface area contributed by atoms with Crippen LogP contribution < -0.4 is 0 Å². The number of hydrogen-bond acceptors (Lipinski definition) is 5. The van der Waals surface area contributed by atoms with Crippen LogP contribution in [0.2, 0.25) is 0 Å². The summed E-state index contributed by atoms with van der Waals surface area (Å²) in [6.07, 6.45) is -0.387. The van der Waals surface area contributed by atoms with Crippen LogP contribution in [0.3, 0.4) is 0 Å². The first-order valence-electron chi connectivity index (χ1n) is 5.92. The molecule has 2 aliphatic heterocycles. The van der Waals surface area contributed by atoms with E-state index in [0.717, 1.165) is 11.0 Å². The molecule has 0 radical (unpaired) electrons. The molecule has 2 aromatic rings. The smallest absolute Gasteiger partial charge is 0.218 e. The van der Waals surface area contributed by atoms with Crippen molar-refractivity contribution in [3.63, 3.8) is 0 Å². The maximum absolute atomic E-state index is 11.8. The van der Waals surface area contributed by atoms with Crippen LogP contribution in [-0.4, -0.2) is 39.8 Å².